The zero-order valence-corrected chi connectivity index (χ0v) is 18.4. The number of rotatable bonds is 8. The number of anilines is 2. The highest BCUT2D eigenvalue weighted by molar-refractivity contribution is 7.22. The Hall–Kier alpha value is -2.43. The summed E-state index contributed by atoms with van der Waals surface area (Å²) in [7, 11) is 2.98. The van der Waals surface area contributed by atoms with Crippen molar-refractivity contribution in [3.63, 3.8) is 0 Å². The van der Waals surface area contributed by atoms with Gasteiger partial charge in [-0.1, -0.05) is 25.2 Å². The number of alkyl halides is 3. The van der Waals surface area contributed by atoms with Gasteiger partial charge in [0.25, 0.3) is 0 Å². The first-order chi connectivity index (χ1) is 14.8. The Balaban J connectivity index is 0.00000166. The molecule has 0 aliphatic heterocycles. The van der Waals surface area contributed by atoms with E-state index >= 15 is 0 Å². The second-order valence-corrected chi connectivity index (χ2v) is 7.05. The van der Waals surface area contributed by atoms with Crippen LogP contribution in [0.4, 0.5) is 28.4 Å². The summed E-state index contributed by atoms with van der Waals surface area (Å²) in [4.78, 5) is 4.27. The molecule has 0 radical (unpaired) electrons. The molecule has 1 N–H and O–H groups in total. The number of hydrogen-bond donors (Lipinski definition) is 1. The van der Waals surface area contributed by atoms with Crippen LogP contribution in [0, 0.1) is 5.82 Å². The zero-order chi connectivity index (χ0) is 23.0. The number of nitrogens with one attached hydrogen (secondary N) is 1. The Morgan fingerprint density at radius 1 is 1.06 bits per heavy atom. The van der Waals surface area contributed by atoms with Gasteiger partial charge in [-0.3, -0.25) is 0 Å². The molecule has 1 heterocycles. The molecule has 0 aliphatic rings. The van der Waals surface area contributed by atoms with Crippen LogP contribution in [-0.2, 0) is 22.3 Å². The Labute approximate surface area is 182 Å². The molecule has 0 spiro atoms. The minimum absolute atomic E-state index is 0.105. The minimum atomic E-state index is -4.44. The van der Waals surface area contributed by atoms with E-state index < -0.39 is 17.6 Å². The molecule has 0 fully saturated rings. The standard InChI is InChI=1S/C19H18F4N2O3S.C2H6/c1-26-5-6-28-10-11-7-13(20)9-15(17(11)27-2)25-18-24-14-4-3-12(19(21,22)23)8-16(14)29-18;1-2/h3-4,7-9H,5-6,10H2,1-2H3,(H,24,25);1-2H3. The summed E-state index contributed by atoms with van der Waals surface area (Å²) >= 11 is 1.03. The normalized spacial score (nSPS) is 11.2. The van der Waals surface area contributed by atoms with Gasteiger partial charge in [-0.2, -0.15) is 13.2 Å². The van der Waals surface area contributed by atoms with Crippen LogP contribution in [0.25, 0.3) is 10.2 Å². The molecular formula is C21H24F4N2O3S. The number of nitrogens with zero attached hydrogens (tertiary/aromatic N) is 1. The molecule has 1 aromatic heterocycles. The van der Waals surface area contributed by atoms with E-state index in [2.05, 4.69) is 10.3 Å². The van der Waals surface area contributed by atoms with Gasteiger partial charge >= 0.3 is 6.18 Å². The third-order valence-corrected chi connectivity index (χ3v) is 4.92. The zero-order valence-electron chi connectivity index (χ0n) is 17.6. The molecule has 10 heteroatoms. The number of benzene rings is 2. The van der Waals surface area contributed by atoms with Crippen molar-refractivity contribution >= 4 is 32.4 Å². The third-order valence-electron chi connectivity index (χ3n) is 3.98. The van der Waals surface area contributed by atoms with Crippen LogP contribution in [0.5, 0.6) is 5.75 Å². The molecule has 0 saturated carbocycles. The van der Waals surface area contributed by atoms with E-state index in [1.165, 1.54) is 25.3 Å². The van der Waals surface area contributed by atoms with Gasteiger partial charge in [0.05, 0.1) is 48.4 Å². The molecule has 3 rings (SSSR count). The van der Waals surface area contributed by atoms with Crippen LogP contribution in [0.2, 0.25) is 0 Å². The topological polar surface area (TPSA) is 52.6 Å². The largest absolute Gasteiger partial charge is 0.494 e. The lowest BCUT2D eigenvalue weighted by atomic mass is 10.1. The van der Waals surface area contributed by atoms with Crippen molar-refractivity contribution < 1.29 is 31.8 Å². The fourth-order valence-corrected chi connectivity index (χ4v) is 3.60. The molecule has 5 nitrogen and oxygen atoms in total. The third kappa shape index (κ3) is 6.52. The van der Waals surface area contributed by atoms with E-state index in [-0.39, 0.29) is 6.61 Å². The maximum Gasteiger partial charge on any atom is 0.416 e. The van der Waals surface area contributed by atoms with Gasteiger partial charge in [0.1, 0.15) is 11.6 Å². The van der Waals surface area contributed by atoms with Gasteiger partial charge < -0.3 is 19.5 Å². The summed E-state index contributed by atoms with van der Waals surface area (Å²) in [6.45, 7) is 4.83. The maximum atomic E-state index is 14.1. The summed E-state index contributed by atoms with van der Waals surface area (Å²) in [5.74, 6) is -0.154. The van der Waals surface area contributed by atoms with Crippen molar-refractivity contribution in [1.82, 2.24) is 4.98 Å². The molecular weight excluding hydrogens is 436 g/mol. The Kier molecular flexibility index (Phi) is 9.02. The monoisotopic (exact) mass is 460 g/mol. The van der Waals surface area contributed by atoms with Crippen LogP contribution < -0.4 is 10.1 Å². The average Bonchev–Trinajstić information content (AvgIpc) is 3.13. The highest BCUT2D eigenvalue weighted by Gasteiger charge is 2.30. The lowest BCUT2D eigenvalue weighted by Crippen LogP contribution is -2.05. The Bertz CT molecular complexity index is 993. The van der Waals surface area contributed by atoms with Gasteiger partial charge in [0.15, 0.2) is 5.13 Å². The van der Waals surface area contributed by atoms with Gasteiger partial charge in [0.2, 0.25) is 0 Å². The predicted octanol–water partition coefficient (Wildman–Crippen LogP) is 6.40. The summed E-state index contributed by atoms with van der Waals surface area (Å²) in [5.41, 5.74) is 0.433. The number of halogens is 4. The fraction of sp³-hybridized carbons (Fsp3) is 0.381. The van der Waals surface area contributed by atoms with E-state index in [9.17, 15) is 17.6 Å². The van der Waals surface area contributed by atoms with E-state index in [1.807, 2.05) is 13.8 Å². The molecule has 0 aliphatic carbocycles. The van der Waals surface area contributed by atoms with Crippen molar-refractivity contribution in [3.8, 4) is 5.75 Å². The van der Waals surface area contributed by atoms with Crippen molar-refractivity contribution in [2.24, 2.45) is 0 Å². The quantitative estimate of drug-likeness (QED) is 0.312. The summed E-state index contributed by atoms with van der Waals surface area (Å²) < 4.78 is 68.9. The van der Waals surface area contributed by atoms with Crippen molar-refractivity contribution in [3.05, 3.63) is 47.3 Å². The average molecular weight is 460 g/mol. The molecule has 0 amide bonds. The number of fused-ring (bicyclic) bond motifs is 1. The molecule has 0 atom stereocenters. The number of ether oxygens (including phenoxy) is 3. The Morgan fingerprint density at radius 2 is 1.81 bits per heavy atom. The van der Waals surface area contributed by atoms with Crippen molar-refractivity contribution in [2.45, 2.75) is 26.6 Å². The van der Waals surface area contributed by atoms with Crippen LogP contribution >= 0.6 is 11.3 Å². The number of thiazole rings is 1. The van der Waals surface area contributed by atoms with Crippen LogP contribution in [0.15, 0.2) is 30.3 Å². The minimum Gasteiger partial charge on any atom is -0.494 e. The van der Waals surface area contributed by atoms with Crippen LogP contribution in [-0.4, -0.2) is 32.4 Å². The van der Waals surface area contributed by atoms with Gasteiger partial charge in [0, 0.05) is 18.7 Å². The summed E-state index contributed by atoms with van der Waals surface area (Å²) in [6, 6.07) is 5.84. The SMILES string of the molecule is CC.COCCOCc1cc(F)cc(Nc2nc3ccc(C(F)(F)F)cc3s2)c1OC. The molecule has 170 valence electrons. The molecule has 3 aromatic rings. The van der Waals surface area contributed by atoms with E-state index in [1.54, 1.807) is 7.11 Å². The van der Waals surface area contributed by atoms with E-state index in [0.717, 1.165) is 23.5 Å². The first kappa shape index (κ1) is 24.8. The van der Waals surface area contributed by atoms with Crippen LogP contribution in [0.3, 0.4) is 0 Å². The second-order valence-electron chi connectivity index (χ2n) is 6.02. The highest BCUT2D eigenvalue weighted by atomic mass is 32.1. The lowest BCUT2D eigenvalue weighted by molar-refractivity contribution is -0.137. The number of methoxy groups -OCH3 is 2. The van der Waals surface area contributed by atoms with Gasteiger partial charge in [-0.05, 0) is 24.3 Å². The Morgan fingerprint density at radius 3 is 2.45 bits per heavy atom. The highest BCUT2D eigenvalue weighted by Crippen LogP contribution is 2.37. The maximum absolute atomic E-state index is 14.1. The molecule has 0 saturated heterocycles. The number of aromatic nitrogens is 1. The smallest absolute Gasteiger partial charge is 0.416 e. The molecule has 0 unspecified atom stereocenters. The first-order valence-corrected chi connectivity index (χ1v) is 10.3. The molecule has 2 aromatic carbocycles. The van der Waals surface area contributed by atoms with E-state index in [4.69, 9.17) is 14.2 Å². The van der Waals surface area contributed by atoms with Crippen molar-refractivity contribution in [1.29, 1.82) is 0 Å². The number of hydrogen-bond acceptors (Lipinski definition) is 6. The molecule has 0 bridgehead atoms. The summed E-state index contributed by atoms with van der Waals surface area (Å²) in [5, 5.41) is 3.25. The van der Waals surface area contributed by atoms with E-state index in [0.29, 0.717) is 45.6 Å². The molecule has 31 heavy (non-hydrogen) atoms. The van der Waals surface area contributed by atoms with Gasteiger partial charge in [-0.15, -0.1) is 0 Å². The summed E-state index contributed by atoms with van der Waals surface area (Å²) in [6.07, 6.45) is -4.44. The van der Waals surface area contributed by atoms with Gasteiger partial charge in [-0.25, -0.2) is 9.37 Å². The van der Waals surface area contributed by atoms with Crippen LogP contribution in [0.1, 0.15) is 25.0 Å². The first-order valence-electron chi connectivity index (χ1n) is 9.49. The van der Waals surface area contributed by atoms with Crippen molar-refractivity contribution in [2.75, 3.05) is 32.8 Å². The fourth-order valence-electron chi connectivity index (χ4n) is 2.69. The predicted molar refractivity (Wildman–Crippen MR) is 114 cm³/mol. The lowest BCUT2D eigenvalue weighted by Gasteiger charge is -2.14. The second kappa shape index (κ2) is 11.3.